The molecule has 0 radical (unpaired) electrons. The van der Waals surface area contributed by atoms with Crippen molar-refractivity contribution < 1.29 is 4.74 Å². The average molecular weight is 361 g/mol. The van der Waals surface area contributed by atoms with Crippen LogP contribution in [-0.2, 0) is 11.3 Å². The van der Waals surface area contributed by atoms with Crippen LogP contribution in [0.4, 0.5) is 5.69 Å². The summed E-state index contributed by atoms with van der Waals surface area (Å²) < 4.78 is 7.91. The van der Waals surface area contributed by atoms with Crippen LogP contribution in [-0.4, -0.2) is 46.3 Å². The highest BCUT2D eigenvalue weighted by atomic mass is 32.2. The van der Waals surface area contributed by atoms with Crippen molar-refractivity contribution in [3.05, 3.63) is 24.3 Å². The Labute approximate surface area is 154 Å². The molecule has 2 aromatic rings. The van der Waals surface area contributed by atoms with Crippen LogP contribution in [0.5, 0.6) is 0 Å². The Kier molecular flexibility index (Phi) is 6.37. The molecule has 5 nitrogen and oxygen atoms in total. The van der Waals surface area contributed by atoms with Crippen molar-refractivity contribution in [3.63, 3.8) is 0 Å². The van der Waals surface area contributed by atoms with Crippen molar-refractivity contribution in [2.24, 2.45) is 0 Å². The summed E-state index contributed by atoms with van der Waals surface area (Å²) in [7, 11) is 0. The minimum Gasteiger partial charge on any atom is -0.377 e. The predicted octanol–water partition coefficient (Wildman–Crippen LogP) is 4.08. The number of hydrogen-bond donors (Lipinski definition) is 0. The number of hydrogen-bond acceptors (Lipinski definition) is 5. The fraction of sp³-hybridized carbons (Fsp3) is 0.579. The van der Waals surface area contributed by atoms with E-state index < -0.39 is 0 Å². The monoisotopic (exact) mass is 360 g/mol. The molecule has 2 heterocycles. The van der Waals surface area contributed by atoms with Gasteiger partial charge >= 0.3 is 0 Å². The molecule has 136 valence electrons. The van der Waals surface area contributed by atoms with Crippen LogP contribution < -0.4 is 4.90 Å². The maximum atomic E-state index is 5.71. The van der Waals surface area contributed by atoms with E-state index in [0.29, 0.717) is 6.10 Å². The highest BCUT2D eigenvalue weighted by Gasteiger charge is 2.19. The molecule has 0 saturated carbocycles. The van der Waals surface area contributed by atoms with Gasteiger partial charge in [-0.15, -0.1) is 10.2 Å². The fourth-order valence-corrected chi connectivity index (χ4v) is 4.32. The van der Waals surface area contributed by atoms with Gasteiger partial charge in [0, 0.05) is 43.2 Å². The smallest absolute Gasteiger partial charge is 0.191 e. The van der Waals surface area contributed by atoms with Gasteiger partial charge in [-0.25, -0.2) is 0 Å². The summed E-state index contributed by atoms with van der Waals surface area (Å²) in [4.78, 5) is 2.34. The zero-order valence-corrected chi connectivity index (χ0v) is 16.3. The Morgan fingerprint density at radius 2 is 1.92 bits per heavy atom. The number of anilines is 1. The number of aromatic nitrogens is 3. The van der Waals surface area contributed by atoms with Gasteiger partial charge in [-0.2, -0.15) is 0 Å². The lowest BCUT2D eigenvalue weighted by atomic mass is 10.2. The Hall–Kier alpha value is -1.53. The molecular formula is C19H28N4OS. The van der Waals surface area contributed by atoms with E-state index in [4.69, 9.17) is 4.74 Å². The lowest BCUT2D eigenvalue weighted by Gasteiger charge is -2.21. The molecule has 1 unspecified atom stereocenters. The van der Waals surface area contributed by atoms with Crippen LogP contribution in [0, 0.1) is 0 Å². The maximum Gasteiger partial charge on any atom is 0.191 e. The zero-order valence-electron chi connectivity index (χ0n) is 15.4. The Morgan fingerprint density at radius 1 is 1.16 bits per heavy atom. The van der Waals surface area contributed by atoms with Crippen LogP contribution in [0.1, 0.15) is 33.6 Å². The van der Waals surface area contributed by atoms with Crippen molar-refractivity contribution in [3.8, 4) is 11.4 Å². The van der Waals surface area contributed by atoms with Crippen molar-refractivity contribution in [2.45, 2.75) is 51.4 Å². The van der Waals surface area contributed by atoms with Crippen molar-refractivity contribution in [1.82, 2.24) is 14.8 Å². The Balaban J connectivity index is 1.75. The summed E-state index contributed by atoms with van der Waals surface area (Å²) in [6, 6.07) is 8.66. The molecule has 1 saturated heterocycles. The van der Waals surface area contributed by atoms with E-state index >= 15 is 0 Å². The van der Waals surface area contributed by atoms with Gasteiger partial charge in [-0.3, -0.25) is 0 Å². The Morgan fingerprint density at radius 3 is 2.52 bits per heavy atom. The van der Waals surface area contributed by atoms with Crippen LogP contribution in [0.25, 0.3) is 11.4 Å². The summed E-state index contributed by atoms with van der Waals surface area (Å²) >= 11 is 1.76. The lowest BCUT2D eigenvalue weighted by Crippen LogP contribution is -2.21. The van der Waals surface area contributed by atoms with Crippen LogP contribution in [0.2, 0.25) is 0 Å². The van der Waals surface area contributed by atoms with Gasteiger partial charge in [0.05, 0.1) is 6.10 Å². The summed E-state index contributed by atoms with van der Waals surface area (Å²) in [5.74, 6) is 1.90. The van der Waals surface area contributed by atoms with E-state index in [1.54, 1.807) is 11.8 Å². The number of ether oxygens (including phenoxy) is 1. The number of nitrogens with zero attached hydrogens (tertiary/aromatic N) is 4. The third-order valence-corrected chi connectivity index (χ3v) is 5.81. The van der Waals surface area contributed by atoms with Gasteiger partial charge in [0.1, 0.15) is 0 Å². The van der Waals surface area contributed by atoms with Crippen molar-refractivity contribution >= 4 is 17.4 Å². The quantitative estimate of drug-likeness (QED) is 0.664. The van der Waals surface area contributed by atoms with Gasteiger partial charge in [0.25, 0.3) is 0 Å². The average Bonchev–Trinajstić information content (AvgIpc) is 3.31. The first-order valence-electron chi connectivity index (χ1n) is 9.29. The molecule has 0 N–H and O–H groups in total. The second kappa shape index (κ2) is 8.72. The SMILES string of the molecule is CCN(CC)c1ccc(-c2nnc(SCC3CCCO3)n2CC)cc1. The molecule has 0 aliphatic carbocycles. The van der Waals surface area contributed by atoms with E-state index in [1.165, 1.54) is 12.1 Å². The lowest BCUT2D eigenvalue weighted by molar-refractivity contribution is 0.129. The van der Waals surface area contributed by atoms with Crippen molar-refractivity contribution in [1.29, 1.82) is 0 Å². The van der Waals surface area contributed by atoms with Crippen molar-refractivity contribution in [2.75, 3.05) is 30.3 Å². The topological polar surface area (TPSA) is 43.2 Å². The Bertz CT molecular complexity index is 661. The summed E-state index contributed by atoms with van der Waals surface area (Å²) in [6.07, 6.45) is 2.70. The zero-order chi connectivity index (χ0) is 17.6. The molecule has 6 heteroatoms. The van der Waals surface area contributed by atoms with E-state index in [9.17, 15) is 0 Å². The minimum atomic E-state index is 0.365. The minimum absolute atomic E-state index is 0.365. The third kappa shape index (κ3) is 4.18. The highest BCUT2D eigenvalue weighted by Crippen LogP contribution is 2.28. The number of rotatable bonds is 8. The molecule has 1 aromatic carbocycles. The van der Waals surface area contributed by atoms with Gasteiger partial charge in [-0.05, 0) is 57.9 Å². The number of thioether (sulfide) groups is 1. The number of benzene rings is 1. The highest BCUT2D eigenvalue weighted by molar-refractivity contribution is 7.99. The van der Waals surface area contributed by atoms with E-state index in [2.05, 4.69) is 64.7 Å². The van der Waals surface area contributed by atoms with Gasteiger partial charge < -0.3 is 14.2 Å². The third-order valence-electron chi connectivity index (χ3n) is 4.71. The van der Waals surface area contributed by atoms with Crippen LogP contribution in [0.3, 0.4) is 0 Å². The molecule has 1 aromatic heterocycles. The molecule has 1 atom stereocenters. The normalized spacial score (nSPS) is 17.2. The molecule has 1 fully saturated rings. The summed E-state index contributed by atoms with van der Waals surface area (Å²) in [6.45, 7) is 10.3. The maximum absolute atomic E-state index is 5.71. The van der Waals surface area contributed by atoms with Gasteiger partial charge in [0.15, 0.2) is 11.0 Å². The van der Waals surface area contributed by atoms with Crippen LogP contribution >= 0.6 is 11.8 Å². The standard InChI is InChI=1S/C19H28N4OS/c1-4-22(5-2)16-11-9-15(10-12-16)18-20-21-19(23(18)6-3)25-14-17-8-7-13-24-17/h9-12,17H,4-8,13-14H2,1-3H3. The summed E-state index contributed by atoms with van der Waals surface area (Å²) in [5.41, 5.74) is 2.37. The van der Waals surface area contributed by atoms with E-state index in [0.717, 1.165) is 55.0 Å². The first kappa shape index (κ1) is 18.3. The van der Waals surface area contributed by atoms with Gasteiger partial charge in [-0.1, -0.05) is 11.8 Å². The predicted molar refractivity (Wildman–Crippen MR) is 104 cm³/mol. The van der Waals surface area contributed by atoms with E-state index in [-0.39, 0.29) is 0 Å². The second-order valence-electron chi connectivity index (χ2n) is 6.22. The molecule has 1 aliphatic rings. The molecule has 0 bridgehead atoms. The van der Waals surface area contributed by atoms with E-state index in [1.807, 2.05) is 0 Å². The molecular weight excluding hydrogens is 332 g/mol. The molecule has 0 amide bonds. The molecule has 0 spiro atoms. The largest absolute Gasteiger partial charge is 0.377 e. The first-order valence-corrected chi connectivity index (χ1v) is 10.3. The van der Waals surface area contributed by atoms with Gasteiger partial charge in [0.2, 0.25) is 0 Å². The second-order valence-corrected chi connectivity index (χ2v) is 7.20. The molecule has 25 heavy (non-hydrogen) atoms. The molecule has 3 rings (SSSR count). The first-order chi connectivity index (χ1) is 12.3. The van der Waals surface area contributed by atoms with Crippen LogP contribution in [0.15, 0.2) is 29.4 Å². The fourth-order valence-electron chi connectivity index (χ4n) is 3.25. The molecule has 1 aliphatic heterocycles. The summed E-state index contributed by atoms with van der Waals surface area (Å²) in [5, 5.41) is 9.87.